The zero-order chi connectivity index (χ0) is 18.5. The predicted molar refractivity (Wildman–Crippen MR) is 106 cm³/mol. The summed E-state index contributed by atoms with van der Waals surface area (Å²) in [6, 6.07) is 15.9. The van der Waals surface area contributed by atoms with E-state index in [2.05, 4.69) is 32.3 Å². The fourth-order valence-corrected chi connectivity index (χ4v) is 3.19. The van der Waals surface area contributed by atoms with Crippen LogP contribution in [-0.4, -0.2) is 9.91 Å². The molecule has 0 amide bonds. The van der Waals surface area contributed by atoms with E-state index in [1.807, 2.05) is 29.6 Å². The number of nitrogens with zero attached hydrogens (tertiary/aromatic N) is 3. The van der Waals surface area contributed by atoms with Crippen LogP contribution in [0.1, 0.15) is 5.01 Å². The number of halogens is 1. The number of hydrogen-bond donors (Lipinski definition) is 1. The standard InChI is InChI=1S/C18H11BrN4O2S/c19-14-3-5-15(6-4-14)21-10-13(9-20)18-22-17(11-26-18)12-1-7-16(8-2-12)23(24)25/h1-8,10-11,21H/b13-10+. The zero-order valence-electron chi connectivity index (χ0n) is 13.2. The van der Waals surface area contributed by atoms with E-state index in [1.54, 1.807) is 18.3 Å². The fraction of sp³-hybridized carbons (Fsp3) is 0. The van der Waals surface area contributed by atoms with E-state index in [0.29, 0.717) is 16.3 Å². The van der Waals surface area contributed by atoms with Gasteiger partial charge in [0.05, 0.1) is 10.6 Å². The minimum atomic E-state index is -0.444. The maximum Gasteiger partial charge on any atom is 0.269 e. The monoisotopic (exact) mass is 426 g/mol. The molecule has 26 heavy (non-hydrogen) atoms. The molecular formula is C18H11BrN4O2S. The molecular weight excluding hydrogens is 416 g/mol. The van der Waals surface area contributed by atoms with Gasteiger partial charge in [-0.1, -0.05) is 15.9 Å². The Labute approximate surface area is 161 Å². The Morgan fingerprint density at radius 1 is 1.23 bits per heavy atom. The largest absolute Gasteiger partial charge is 0.360 e. The van der Waals surface area contributed by atoms with Crippen LogP contribution in [0.15, 0.2) is 64.6 Å². The molecule has 1 N–H and O–H groups in total. The van der Waals surface area contributed by atoms with Crippen LogP contribution in [-0.2, 0) is 0 Å². The van der Waals surface area contributed by atoms with Crippen molar-refractivity contribution in [2.75, 3.05) is 5.32 Å². The van der Waals surface area contributed by atoms with Crippen molar-refractivity contribution in [3.63, 3.8) is 0 Å². The Balaban J connectivity index is 1.80. The second kappa shape index (κ2) is 7.91. The van der Waals surface area contributed by atoms with E-state index in [9.17, 15) is 15.4 Å². The van der Waals surface area contributed by atoms with Gasteiger partial charge in [0.25, 0.3) is 5.69 Å². The van der Waals surface area contributed by atoms with E-state index in [4.69, 9.17) is 0 Å². The Hall–Kier alpha value is -3.02. The van der Waals surface area contributed by atoms with Gasteiger partial charge in [-0.05, 0) is 36.4 Å². The first-order valence-corrected chi connectivity index (χ1v) is 9.07. The highest BCUT2D eigenvalue weighted by molar-refractivity contribution is 9.10. The summed E-state index contributed by atoms with van der Waals surface area (Å²) in [5, 5.41) is 25.6. The van der Waals surface area contributed by atoms with Crippen LogP contribution >= 0.6 is 27.3 Å². The first kappa shape index (κ1) is 17.8. The van der Waals surface area contributed by atoms with Gasteiger partial charge in [0.15, 0.2) is 0 Å². The Kier molecular flexibility index (Phi) is 5.41. The lowest BCUT2D eigenvalue weighted by atomic mass is 10.1. The van der Waals surface area contributed by atoms with Crippen LogP contribution in [0, 0.1) is 21.4 Å². The Morgan fingerprint density at radius 3 is 2.54 bits per heavy atom. The van der Waals surface area contributed by atoms with Crippen molar-refractivity contribution in [1.82, 2.24) is 4.98 Å². The molecule has 1 heterocycles. The highest BCUT2D eigenvalue weighted by Crippen LogP contribution is 2.27. The molecule has 0 saturated carbocycles. The number of allylic oxidation sites excluding steroid dienone is 1. The number of hydrogen-bond acceptors (Lipinski definition) is 6. The van der Waals surface area contributed by atoms with E-state index in [1.165, 1.54) is 23.5 Å². The summed E-state index contributed by atoms with van der Waals surface area (Å²) in [7, 11) is 0. The van der Waals surface area contributed by atoms with Crippen LogP contribution in [0.2, 0.25) is 0 Å². The van der Waals surface area contributed by atoms with Crippen LogP contribution in [0.3, 0.4) is 0 Å². The van der Waals surface area contributed by atoms with E-state index < -0.39 is 4.92 Å². The molecule has 0 radical (unpaired) electrons. The topological polar surface area (TPSA) is 91.8 Å². The Bertz CT molecular complexity index is 1000. The molecule has 3 rings (SSSR count). The van der Waals surface area contributed by atoms with Crippen LogP contribution < -0.4 is 5.32 Å². The molecule has 0 fully saturated rings. The molecule has 6 nitrogen and oxygen atoms in total. The molecule has 0 aliphatic heterocycles. The van der Waals surface area contributed by atoms with Crippen LogP contribution in [0.25, 0.3) is 16.8 Å². The summed E-state index contributed by atoms with van der Waals surface area (Å²) in [5.41, 5.74) is 2.72. The van der Waals surface area contributed by atoms with Gasteiger partial charge in [-0.15, -0.1) is 11.3 Å². The number of nitro benzene ring substituents is 1. The summed E-state index contributed by atoms with van der Waals surface area (Å²) in [4.78, 5) is 14.7. The van der Waals surface area contributed by atoms with Crippen molar-refractivity contribution in [2.24, 2.45) is 0 Å². The molecule has 1 aromatic heterocycles. The van der Waals surface area contributed by atoms with Gasteiger partial charge in [-0.2, -0.15) is 5.26 Å². The maximum absolute atomic E-state index is 10.7. The lowest BCUT2D eigenvalue weighted by Crippen LogP contribution is -1.91. The number of aromatic nitrogens is 1. The van der Waals surface area contributed by atoms with Gasteiger partial charge in [-0.3, -0.25) is 10.1 Å². The third-order valence-electron chi connectivity index (χ3n) is 3.46. The molecule has 2 aromatic carbocycles. The number of non-ortho nitro benzene ring substituents is 1. The van der Waals surface area contributed by atoms with Crippen molar-refractivity contribution in [1.29, 1.82) is 5.26 Å². The molecule has 0 atom stereocenters. The number of nitrogens with one attached hydrogen (secondary N) is 1. The van der Waals surface area contributed by atoms with Crippen molar-refractivity contribution >= 4 is 44.2 Å². The number of rotatable bonds is 5. The van der Waals surface area contributed by atoms with Crippen molar-refractivity contribution in [3.05, 3.63) is 79.7 Å². The van der Waals surface area contributed by atoms with Gasteiger partial charge in [-0.25, -0.2) is 4.98 Å². The second-order valence-electron chi connectivity index (χ2n) is 5.16. The van der Waals surface area contributed by atoms with Gasteiger partial charge in [0, 0.05) is 39.4 Å². The van der Waals surface area contributed by atoms with E-state index in [-0.39, 0.29) is 5.69 Å². The minimum Gasteiger partial charge on any atom is -0.360 e. The van der Waals surface area contributed by atoms with Gasteiger partial charge in [0.1, 0.15) is 16.6 Å². The quantitative estimate of drug-likeness (QED) is 0.332. The van der Waals surface area contributed by atoms with E-state index >= 15 is 0 Å². The lowest BCUT2D eigenvalue weighted by molar-refractivity contribution is -0.384. The van der Waals surface area contributed by atoms with Gasteiger partial charge >= 0.3 is 0 Å². The minimum absolute atomic E-state index is 0.0283. The summed E-state index contributed by atoms with van der Waals surface area (Å²) in [5.74, 6) is 0. The molecule has 0 unspecified atom stereocenters. The zero-order valence-corrected chi connectivity index (χ0v) is 15.6. The number of thiazole rings is 1. The molecule has 3 aromatic rings. The molecule has 0 aliphatic rings. The summed E-state index contributed by atoms with van der Waals surface area (Å²) >= 11 is 4.71. The normalized spacial score (nSPS) is 11.0. The maximum atomic E-state index is 10.7. The summed E-state index contributed by atoms with van der Waals surface area (Å²) in [6.07, 6.45) is 1.61. The fourth-order valence-electron chi connectivity index (χ4n) is 2.13. The molecule has 0 saturated heterocycles. The SMILES string of the molecule is N#C/C(=C\Nc1ccc(Br)cc1)c1nc(-c2ccc([N+](=O)[O-])cc2)cs1. The van der Waals surface area contributed by atoms with Crippen molar-refractivity contribution in [2.45, 2.75) is 0 Å². The smallest absolute Gasteiger partial charge is 0.269 e. The van der Waals surface area contributed by atoms with Gasteiger partial charge in [0.2, 0.25) is 0 Å². The Morgan fingerprint density at radius 2 is 1.92 bits per heavy atom. The molecule has 0 spiro atoms. The van der Waals surface area contributed by atoms with E-state index in [0.717, 1.165) is 15.7 Å². The molecule has 8 heteroatoms. The third kappa shape index (κ3) is 4.14. The average Bonchev–Trinajstić information content (AvgIpc) is 3.14. The van der Waals surface area contributed by atoms with Gasteiger partial charge < -0.3 is 5.32 Å². The number of nitro groups is 1. The first-order chi connectivity index (χ1) is 12.6. The van der Waals surface area contributed by atoms with Crippen molar-refractivity contribution < 1.29 is 4.92 Å². The number of anilines is 1. The molecule has 0 aliphatic carbocycles. The predicted octanol–water partition coefficient (Wildman–Crippen LogP) is 5.46. The number of nitriles is 1. The lowest BCUT2D eigenvalue weighted by Gasteiger charge is -2.01. The van der Waals surface area contributed by atoms with Crippen LogP contribution in [0.5, 0.6) is 0 Å². The second-order valence-corrected chi connectivity index (χ2v) is 6.94. The number of benzene rings is 2. The highest BCUT2D eigenvalue weighted by atomic mass is 79.9. The van der Waals surface area contributed by atoms with Crippen molar-refractivity contribution in [3.8, 4) is 17.3 Å². The summed E-state index contributed by atoms with van der Waals surface area (Å²) in [6.45, 7) is 0. The molecule has 128 valence electrons. The highest BCUT2D eigenvalue weighted by Gasteiger charge is 2.11. The van der Waals surface area contributed by atoms with Crippen LogP contribution in [0.4, 0.5) is 11.4 Å². The summed E-state index contributed by atoms with van der Waals surface area (Å²) < 4.78 is 0.972. The first-order valence-electron chi connectivity index (χ1n) is 7.40. The third-order valence-corrected chi connectivity index (χ3v) is 4.86. The average molecular weight is 427 g/mol. The molecule has 0 bridgehead atoms.